The van der Waals surface area contributed by atoms with E-state index in [0.29, 0.717) is 16.1 Å². The van der Waals surface area contributed by atoms with Gasteiger partial charge in [0.25, 0.3) is 0 Å². The number of hydrogen-bond acceptors (Lipinski definition) is 4. The van der Waals surface area contributed by atoms with Gasteiger partial charge in [0.2, 0.25) is 0 Å². The lowest BCUT2D eigenvalue weighted by molar-refractivity contribution is 0.325. The van der Waals surface area contributed by atoms with E-state index in [0.717, 1.165) is 43.1 Å². The van der Waals surface area contributed by atoms with Gasteiger partial charge in [-0.1, -0.05) is 66.2 Å². The molecule has 2 heterocycles. The van der Waals surface area contributed by atoms with E-state index in [1.54, 1.807) is 10.7 Å². The second-order valence-corrected chi connectivity index (χ2v) is 8.95. The molecule has 1 N–H and O–H groups in total. The van der Waals surface area contributed by atoms with Crippen molar-refractivity contribution >= 4 is 47.1 Å². The minimum absolute atomic E-state index is 0.534. The number of fused-ring (bicyclic) bond motifs is 2. The van der Waals surface area contributed by atoms with Crippen LogP contribution in [0.4, 0.5) is 5.82 Å². The minimum Gasteiger partial charge on any atom is -0.370 e. The van der Waals surface area contributed by atoms with Crippen LogP contribution in [0.1, 0.15) is 12.0 Å². The van der Waals surface area contributed by atoms with Gasteiger partial charge in [0.05, 0.1) is 5.69 Å². The van der Waals surface area contributed by atoms with E-state index in [-0.39, 0.29) is 0 Å². The maximum absolute atomic E-state index is 6.42. The smallest absolute Gasteiger partial charge is 0.150 e. The summed E-state index contributed by atoms with van der Waals surface area (Å²) in [5.41, 5.74) is 4.11. The molecule has 0 aliphatic carbocycles. The average Bonchev–Trinajstić information content (AvgIpc) is 3.22. The fourth-order valence-corrected chi connectivity index (χ4v) is 4.44. The molecule has 5 aromatic rings. The van der Waals surface area contributed by atoms with Crippen LogP contribution in [0.3, 0.4) is 0 Å². The lowest BCUT2D eigenvalue weighted by Gasteiger charge is -2.18. The molecular weight excluding hydrogens is 441 g/mol. The zero-order valence-electron chi connectivity index (χ0n) is 19.1. The Bertz CT molecular complexity index is 1450. The van der Waals surface area contributed by atoms with E-state index in [2.05, 4.69) is 64.8 Å². The average molecular weight is 466 g/mol. The summed E-state index contributed by atoms with van der Waals surface area (Å²) >= 11 is 6.42. The van der Waals surface area contributed by atoms with Crippen molar-refractivity contribution in [3.8, 4) is 11.3 Å². The van der Waals surface area contributed by atoms with Crippen LogP contribution in [0.25, 0.3) is 27.7 Å². The normalized spacial score (nSPS) is 11.5. The minimum atomic E-state index is 0.534. The quantitative estimate of drug-likeness (QED) is 0.261. The lowest BCUT2D eigenvalue weighted by Crippen LogP contribution is -2.21. The van der Waals surface area contributed by atoms with Crippen molar-refractivity contribution in [2.75, 3.05) is 25.5 Å². The van der Waals surface area contributed by atoms with Crippen molar-refractivity contribution in [1.29, 1.82) is 0 Å². The zero-order valence-corrected chi connectivity index (χ0v) is 19.8. The van der Waals surface area contributed by atoms with Crippen molar-refractivity contribution in [3.05, 3.63) is 89.6 Å². The van der Waals surface area contributed by atoms with Gasteiger partial charge < -0.3 is 10.2 Å². The van der Waals surface area contributed by atoms with E-state index in [9.17, 15) is 0 Å². The number of benzene rings is 3. The highest BCUT2D eigenvalue weighted by Gasteiger charge is 2.12. The van der Waals surface area contributed by atoms with Crippen molar-refractivity contribution in [1.82, 2.24) is 19.5 Å². The van der Waals surface area contributed by atoms with Gasteiger partial charge in [0, 0.05) is 35.9 Å². The molecule has 2 aromatic heterocycles. The summed E-state index contributed by atoms with van der Waals surface area (Å²) in [6.07, 6.45) is 2.60. The molecule has 0 spiro atoms. The number of nitrogens with one attached hydrogen (secondary N) is 1. The summed E-state index contributed by atoms with van der Waals surface area (Å²) in [5, 5.41) is 11.1. The maximum Gasteiger partial charge on any atom is 0.150 e. The Balaban J connectivity index is 1.24. The monoisotopic (exact) mass is 465 g/mol. The molecule has 2 radical (unpaired) electrons. The van der Waals surface area contributed by atoms with E-state index < -0.39 is 0 Å². The number of rotatable bonds is 8. The summed E-state index contributed by atoms with van der Waals surface area (Å²) in [6, 6.07) is 24.8. The van der Waals surface area contributed by atoms with Gasteiger partial charge >= 0.3 is 0 Å². The molecule has 0 saturated heterocycles. The van der Waals surface area contributed by atoms with Gasteiger partial charge in [-0.15, -0.1) is 0 Å². The molecule has 0 aliphatic heterocycles. The van der Waals surface area contributed by atoms with Gasteiger partial charge in [0.15, 0.2) is 5.65 Å². The van der Waals surface area contributed by atoms with Crippen LogP contribution < -0.4 is 10.8 Å². The standard InChI is InChI=1S/C27H25BClN5/c1-33(18-19-11-12-20-7-2-3-8-21(20)15-19)14-6-13-30-26-16-25(22-9-4-5-10-24(22)29)32-27-23(28)17-31-34(26)27/h2-5,7-12,15-17,30H,6,13-14,18H2,1H3. The first-order valence-electron chi connectivity index (χ1n) is 11.4. The van der Waals surface area contributed by atoms with Crippen molar-refractivity contribution in [2.24, 2.45) is 0 Å². The highest BCUT2D eigenvalue weighted by Crippen LogP contribution is 2.28. The Hall–Kier alpha value is -3.35. The molecule has 34 heavy (non-hydrogen) atoms. The SMILES string of the molecule is [B]c1cnn2c(NCCCN(C)Cc3ccc4ccccc4c3)cc(-c3ccccc3Cl)nc12. The Morgan fingerprint density at radius 3 is 2.65 bits per heavy atom. The topological polar surface area (TPSA) is 45.5 Å². The van der Waals surface area contributed by atoms with Crippen LogP contribution in [0.5, 0.6) is 0 Å². The van der Waals surface area contributed by atoms with Crippen LogP contribution in [-0.2, 0) is 6.54 Å². The van der Waals surface area contributed by atoms with Gasteiger partial charge in [-0.2, -0.15) is 9.61 Å². The van der Waals surface area contributed by atoms with Crippen LogP contribution >= 0.6 is 11.6 Å². The second kappa shape index (κ2) is 9.88. The van der Waals surface area contributed by atoms with Crippen LogP contribution in [-0.4, -0.2) is 47.5 Å². The first kappa shape index (κ1) is 22.4. The molecule has 168 valence electrons. The first-order chi connectivity index (χ1) is 16.6. The predicted molar refractivity (Wildman–Crippen MR) is 142 cm³/mol. The van der Waals surface area contributed by atoms with Gasteiger partial charge in [-0.3, -0.25) is 0 Å². The highest BCUT2D eigenvalue weighted by molar-refractivity contribution is 6.36. The molecule has 3 aromatic carbocycles. The molecule has 0 fully saturated rings. The molecule has 0 atom stereocenters. The first-order valence-corrected chi connectivity index (χ1v) is 11.8. The molecule has 0 saturated carbocycles. The summed E-state index contributed by atoms with van der Waals surface area (Å²) < 4.78 is 1.74. The second-order valence-electron chi connectivity index (χ2n) is 8.54. The van der Waals surface area contributed by atoms with Crippen molar-refractivity contribution in [3.63, 3.8) is 0 Å². The van der Waals surface area contributed by atoms with E-state index in [4.69, 9.17) is 24.4 Å². The summed E-state index contributed by atoms with van der Waals surface area (Å²) in [4.78, 5) is 7.04. The number of halogens is 1. The van der Waals surface area contributed by atoms with Crippen LogP contribution in [0.2, 0.25) is 5.02 Å². The number of anilines is 1. The third-order valence-corrected chi connectivity index (χ3v) is 6.27. The Morgan fingerprint density at radius 2 is 1.79 bits per heavy atom. The molecule has 5 rings (SSSR count). The van der Waals surface area contributed by atoms with E-state index >= 15 is 0 Å². The largest absolute Gasteiger partial charge is 0.370 e. The molecule has 7 heteroatoms. The number of nitrogens with zero attached hydrogens (tertiary/aromatic N) is 4. The maximum atomic E-state index is 6.42. The third kappa shape index (κ3) is 4.79. The fraction of sp³-hybridized carbons (Fsp3) is 0.185. The van der Waals surface area contributed by atoms with Crippen molar-refractivity contribution in [2.45, 2.75) is 13.0 Å². The van der Waals surface area contributed by atoms with Crippen molar-refractivity contribution < 1.29 is 0 Å². The number of aromatic nitrogens is 3. The Labute approximate surface area is 205 Å². The summed E-state index contributed by atoms with van der Waals surface area (Å²) in [6.45, 7) is 2.67. The molecule has 0 bridgehead atoms. The zero-order chi connectivity index (χ0) is 23.5. The Kier molecular flexibility index (Phi) is 6.52. The highest BCUT2D eigenvalue weighted by atomic mass is 35.5. The number of hydrogen-bond donors (Lipinski definition) is 1. The lowest BCUT2D eigenvalue weighted by atomic mass is 10.0. The fourth-order valence-electron chi connectivity index (χ4n) is 4.21. The summed E-state index contributed by atoms with van der Waals surface area (Å²) in [5.74, 6) is 0.841. The molecule has 5 nitrogen and oxygen atoms in total. The predicted octanol–water partition coefficient (Wildman–Crippen LogP) is 4.93. The van der Waals surface area contributed by atoms with E-state index in [1.165, 1.54) is 16.3 Å². The third-order valence-electron chi connectivity index (χ3n) is 5.94. The van der Waals surface area contributed by atoms with Crippen LogP contribution in [0, 0.1) is 0 Å². The Morgan fingerprint density at radius 1 is 1.00 bits per heavy atom. The molecule has 0 aliphatic rings. The van der Waals surface area contributed by atoms with Gasteiger partial charge in [0.1, 0.15) is 13.7 Å². The van der Waals surface area contributed by atoms with E-state index in [1.807, 2.05) is 30.3 Å². The molecular formula is C27H25BClN5. The van der Waals surface area contributed by atoms with Gasteiger partial charge in [-0.25, -0.2) is 4.98 Å². The van der Waals surface area contributed by atoms with Crippen LogP contribution in [0.15, 0.2) is 79.0 Å². The van der Waals surface area contributed by atoms with Gasteiger partial charge in [-0.05, 0) is 53.9 Å². The molecule has 0 amide bonds. The molecule has 0 unspecified atom stereocenters. The summed E-state index contributed by atoms with van der Waals surface area (Å²) in [7, 11) is 8.28.